The number of benzene rings is 1. The number of rotatable bonds is 3. The van der Waals surface area contributed by atoms with Crippen LogP contribution in [0, 0.1) is 5.92 Å². The Morgan fingerprint density at radius 3 is 2.09 bits per heavy atom. The normalized spacial score (nSPS) is 26.7. The van der Waals surface area contributed by atoms with Crippen molar-refractivity contribution in [2.24, 2.45) is 5.73 Å². The largest absolute Gasteiger partial charge is 0.494 e. The van der Waals surface area contributed by atoms with Crippen LogP contribution in [-0.2, 0) is 18.8 Å². The molecule has 2 aliphatic rings. The fraction of sp³-hybridized carbons (Fsp3) is 0.500. The van der Waals surface area contributed by atoms with Crippen LogP contribution < -0.4 is 11.2 Å². The van der Waals surface area contributed by atoms with Gasteiger partial charge in [-0.1, -0.05) is 24.3 Å². The molecule has 0 saturated carbocycles. The van der Waals surface area contributed by atoms with Crippen LogP contribution in [-0.4, -0.2) is 36.9 Å². The molecule has 3 rings (SSSR count). The van der Waals surface area contributed by atoms with Gasteiger partial charge >= 0.3 is 7.12 Å². The molecule has 2 heterocycles. The SMILES string of the molecule is CC1(C)OB(c2ccc([C]3COC3C(N)=O)cc2)OC1(C)C. The second kappa shape index (κ2) is 5.08. The van der Waals surface area contributed by atoms with Gasteiger partial charge in [-0.15, -0.1) is 0 Å². The molecule has 0 aromatic heterocycles. The molecule has 1 aromatic rings. The predicted molar refractivity (Wildman–Crippen MR) is 83.4 cm³/mol. The number of hydrogen-bond donors (Lipinski definition) is 1. The van der Waals surface area contributed by atoms with E-state index in [1.165, 1.54) is 0 Å². The molecule has 22 heavy (non-hydrogen) atoms. The summed E-state index contributed by atoms with van der Waals surface area (Å²) in [5, 5.41) is 0. The molecule has 0 aliphatic carbocycles. The van der Waals surface area contributed by atoms with Gasteiger partial charge in [-0.2, -0.15) is 0 Å². The number of hydrogen-bond acceptors (Lipinski definition) is 4. The summed E-state index contributed by atoms with van der Waals surface area (Å²) in [6, 6.07) is 7.82. The van der Waals surface area contributed by atoms with Gasteiger partial charge in [0, 0.05) is 0 Å². The summed E-state index contributed by atoms with van der Waals surface area (Å²) >= 11 is 0. The van der Waals surface area contributed by atoms with E-state index in [0.717, 1.165) is 16.9 Å². The average Bonchev–Trinajstić information content (AvgIpc) is 2.57. The van der Waals surface area contributed by atoms with E-state index in [-0.39, 0.29) is 18.3 Å². The Bertz CT molecular complexity index is 568. The van der Waals surface area contributed by atoms with Crippen LogP contribution in [0.5, 0.6) is 0 Å². The van der Waals surface area contributed by atoms with Gasteiger partial charge in [0.15, 0.2) is 0 Å². The van der Waals surface area contributed by atoms with Crippen molar-refractivity contribution >= 4 is 18.5 Å². The van der Waals surface area contributed by atoms with Crippen LogP contribution >= 0.6 is 0 Å². The maximum Gasteiger partial charge on any atom is 0.494 e. The fourth-order valence-electron chi connectivity index (χ4n) is 2.57. The van der Waals surface area contributed by atoms with Crippen molar-refractivity contribution in [1.29, 1.82) is 0 Å². The molecule has 2 fully saturated rings. The van der Waals surface area contributed by atoms with Crippen molar-refractivity contribution in [2.45, 2.75) is 45.0 Å². The van der Waals surface area contributed by atoms with Gasteiger partial charge in [0.1, 0.15) is 6.10 Å². The van der Waals surface area contributed by atoms with Gasteiger partial charge in [0.25, 0.3) is 0 Å². The summed E-state index contributed by atoms with van der Waals surface area (Å²) in [7, 11) is -0.381. The zero-order valence-corrected chi connectivity index (χ0v) is 13.4. The standard InChI is InChI=1S/C16H21BNO4/c1-15(2)16(3,4)22-17(21-15)11-7-5-10(6-8-11)12-9-20-13(12)14(18)19/h5-8,13H,9H2,1-4H3,(H2,18,19). The molecule has 5 nitrogen and oxygen atoms in total. The van der Waals surface area contributed by atoms with Crippen molar-refractivity contribution in [1.82, 2.24) is 0 Å². The fourth-order valence-corrected chi connectivity index (χ4v) is 2.57. The molecule has 1 aromatic carbocycles. The van der Waals surface area contributed by atoms with Crippen LogP contribution in [0.15, 0.2) is 24.3 Å². The van der Waals surface area contributed by atoms with Crippen molar-refractivity contribution in [3.05, 3.63) is 35.7 Å². The Kier molecular flexibility index (Phi) is 3.59. The van der Waals surface area contributed by atoms with Crippen LogP contribution in [0.25, 0.3) is 0 Å². The molecule has 2 aliphatic heterocycles. The molecule has 0 spiro atoms. The third-order valence-corrected chi connectivity index (χ3v) is 4.79. The first-order chi connectivity index (χ1) is 10.2. The van der Waals surface area contributed by atoms with Gasteiger partial charge in [-0.25, -0.2) is 0 Å². The van der Waals surface area contributed by atoms with Crippen LogP contribution in [0.4, 0.5) is 0 Å². The van der Waals surface area contributed by atoms with E-state index in [1.54, 1.807) is 0 Å². The molecule has 2 N–H and O–H groups in total. The van der Waals surface area contributed by atoms with E-state index >= 15 is 0 Å². The Labute approximate surface area is 131 Å². The maximum absolute atomic E-state index is 11.2. The lowest BCUT2D eigenvalue weighted by atomic mass is 9.77. The highest BCUT2D eigenvalue weighted by Crippen LogP contribution is 2.36. The summed E-state index contributed by atoms with van der Waals surface area (Å²) in [6.07, 6.45) is -0.595. The molecular weight excluding hydrogens is 281 g/mol. The van der Waals surface area contributed by atoms with Crippen LogP contribution in [0.1, 0.15) is 33.3 Å². The average molecular weight is 302 g/mol. The third-order valence-electron chi connectivity index (χ3n) is 4.79. The molecule has 1 atom stereocenters. The zero-order valence-electron chi connectivity index (χ0n) is 13.4. The van der Waals surface area contributed by atoms with Gasteiger partial charge in [0.05, 0.1) is 23.7 Å². The van der Waals surface area contributed by atoms with E-state index < -0.39 is 12.0 Å². The second-order valence-electron chi connectivity index (χ2n) is 6.83. The maximum atomic E-state index is 11.2. The van der Waals surface area contributed by atoms with Crippen molar-refractivity contribution < 1.29 is 18.8 Å². The minimum atomic E-state index is -0.595. The lowest BCUT2D eigenvalue weighted by Gasteiger charge is -2.34. The second-order valence-corrected chi connectivity index (χ2v) is 6.83. The van der Waals surface area contributed by atoms with Crippen LogP contribution in [0.3, 0.4) is 0 Å². The monoisotopic (exact) mass is 302 g/mol. The van der Waals surface area contributed by atoms with Crippen molar-refractivity contribution in [2.75, 3.05) is 6.61 Å². The quantitative estimate of drug-likeness (QED) is 0.838. The first kappa shape index (κ1) is 15.5. The molecular formula is C16H21BNO4. The highest BCUT2D eigenvalue weighted by atomic mass is 16.7. The molecule has 117 valence electrons. The predicted octanol–water partition coefficient (Wildman–Crippen LogP) is 0.792. The summed E-state index contributed by atoms with van der Waals surface area (Å²) in [4.78, 5) is 11.2. The summed E-state index contributed by atoms with van der Waals surface area (Å²) in [5.41, 5.74) is 6.50. The molecule has 0 bridgehead atoms. The van der Waals surface area contributed by atoms with Gasteiger partial charge in [-0.05, 0) is 38.7 Å². The van der Waals surface area contributed by atoms with E-state index in [4.69, 9.17) is 19.8 Å². The van der Waals surface area contributed by atoms with E-state index in [0.29, 0.717) is 6.61 Å². The van der Waals surface area contributed by atoms with Crippen molar-refractivity contribution in [3.8, 4) is 0 Å². The molecule has 1 amide bonds. The number of carbonyl (C=O) groups is 1. The van der Waals surface area contributed by atoms with Crippen LogP contribution in [0.2, 0.25) is 0 Å². The minimum Gasteiger partial charge on any atom is -0.399 e. The number of primary amides is 1. The number of carbonyl (C=O) groups excluding carboxylic acids is 1. The first-order valence-electron chi connectivity index (χ1n) is 7.44. The van der Waals surface area contributed by atoms with E-state index in [9.17, 15) is 4.79 Å². The minimum absolute atomic E-state index is 0.357. The zero-order chi connectivity index (χ0) is 16.1. The van der Waals surface area contributed by atoms with Gasteiger partial charge in [-0.3, -0.25) is 4.79 Å². The lowest BCUT2D eigenvalue weighted by molar-refractivity contribution is -0.135. The first-order valence-corrected chi connectivity index (χ1v) is 7.44. The number of ether oxygens (including phenoxy) is 1. The molecule has 1 unspecified atom stereocenters. The lowest BCUT2D eigenvalue weighted by Crippen LogP contribution is -2.47. The molecule has 6 heteroatoms. The summed E-state index contributed by atoms with van der Waals surface area (Å²) < 4.78 is 17.2. The summed E-state index contributed by atoms with van der Waals surface area (Å²) in [6.45, 7) is 8.56. The third kappa shape index (κ3) is 2.45. The molecule has 2 saturated heterocycles. The topological polar surface area (TPSA) is 70.8 Å². The Morgan fingerprint density at radius 2 is 1.68 bits per heavy atom. The van der Waals surface area contributed by atoms with E-state index in [2.05, 4.69) is 0 Å². The summed E-state index contributed by atoms with van der Waals surface area (Å²) in [5.74, 6) is 0.476. The smallest absolute Gasteiger partial charge is 0.399 e. The van der Waals surface area contributed by atoms with Crippen molar-refractivity contribution in [3.63, 3.8) is 0 Å². The Morgan fingerprint density at radius 1 is 1.14 bits per heavy atom. The highest BCUT2D eigenvalue weighted by Gasteiger charge is 2.51. The number of amides is 1. The Hall–Kier alpha value is -1.37. The van der Waals surface area contributed by atoms with Gasteiger partial charge in [0.2, 0.25) is 5.91 Å². The van der Waals surface area contributed by atoms with E-state index in [1.807, 2.05) is 52.0 Å². The highest BCUT2D eigenvalue weighted by molar-refractivity contribution is 6.62. The van der Waals surface area contributed by atoms with Gasteiger partial charge < -0.3 is 19.8 Å². The number of nitrogens with two attached hydrogens (primary N) is 1. The molecule has 1 radical (unpaired) electrons. The Balaban J connectivity index is 1.75.